The number of likely N-dealkylation sites (tertiary alicyclic amines) is 2. The summed E-state index contributed by atoms with van der Waals surface area (Å²) < 4.78 is 10.8. The Morgan fingerprint density at radius 1 is 1.11 bits per heavy atom. The summed E-state index contributed by atoms with van der Waals surface area (Å²) in [6, 6.07) is 6.15. The lowest BCUT2D eigenvalue weighted by molar-refractivity contribution is -0.133. The molecule has 0 aromatic heterocycles. The molecule has 156 valence electrons. The number of rotatable bonds is 8. The summed E-state index contributed by atoms with van der Waals surface area (Å²) in [5.74, 6) is 2.50. The molecule has 0 aliphatic carbocycles. The van der Waals surface area contributed by atoms with Gasteiger partial charge in [-0.25, -0.2) is 0 Å². The Morgan fingerprint density at radius 2 is 1.86 bits per heavy atom. The van der Waals surface area contributed by atoms with E-state index in [1.807, 2.05) is 19.2 Å². The largest absolute Gasteiger partial charge is 0.493 e. The van der Waals surface area contributed by atoms with E-state index >= 15 is 0 Å². The number of carbonyl (C=O) groups excluding carboxylic acids is 1. The van der Waals surface area contributed by atoms with Gasteiger partial charge in [0.2, 0.25) is 5.91 Å². The number of benzene rings is 1. The average molecular weight is 390 g/mol. The van der Waals surface area contributed by atoms with Crippen LogP contribution in [0.2, 0.25) is 0 Å². The number of methoxy groups -OCH3 is 2. The van der Waals surface area contributed by atoms with Crippen LogP contribution in [0.25, 0.3) is 0 Å². The van der Waals surface area contributed by atoms with Gasteiger partial charge in [0.1, 0.15) is 0 Å². The normalized spacial score (nSPS) is 21.1. The molecule has 2 heterocycles. The molecule has 1 aromatic carbocycles. The molecule has 2 aliphatic rings. The first-order valence-corrected chi connectivity index (χ1v) is 10.5. The van der Waals surface area contributed by atoms with Gasteiger partial charge >= 0.3 is 0 Å². The van der Waals surface area contributed by atoms with E-state index in [1.165, 1.54) is 19.3 Å². The fourth-order valence-corrected chi connectivity index (χ4v) is 4.54. The smallest absolute Gasteiger partial charge is 0.237 e. The van der Waals surface area contributed by atoms with Crippen molar-refractivity contribution in [3.05, 3.63) is 23.8 Å². The molecule has 0 bridgehead atoms. The van der Waals surface area contributed by atoms with E-state index in [0.29, 0.717) is 6.54 Å². The maximum absolute atomic E-state index is 13.0. The molecule has 1 amide bonds. The molecule has 2 saturated heterocycles. The molecule has 0 spiro atoms. The molecule has 6 nitrogen and oxygen atoms in total. The summed E-state index contributed by atoms with van der Waals surface area (Å²) in [4.78, 5) is 17.4. The summed E-state index contributed by atoms with van der Waals surface area (Å²) in [7, 11) is 5.31. The zero-order valence-corrected chi connectivity index (χ0v) is 17.6. The lowest BCUT2D eigenvalue weighted by Crippen LogP contribution is -2.43. The zero-order valence-electron chi connectivity index (χ0n) is 17.6. The van der Waals surface area contributed by atoms with Crippen LogP contribution in [-0.2, 0) is 4.79 Å². The van der Waals surface area contributed by atoms with Gasteiger partial charge < -0.3 is 19.7 Å². The van der Waals surface area contributed by atoms with Crippen LogP contribution in [0.4, 0.5) is 0 Å². The fourth-order valence-electron chi connectivity index (χ4n) is 4.54. The number of ether oxygens (including phenoxy) is 2. The minimum absolute atomic E-state index is 0.139. The number of amides is 1. The first-order valence-electron chi connectivity index (χ1n) is 10.5. The number of piperidine rings is 1. The van der Waals surface area contributed by atoms with Gasteiger partial charge in [-0.1, -0.05) is 6.07 Å². The molecule has 28 heavy (non-hydrogen) atoms. The van der Waals surface area contributed by atoms with Crippen molar-refractivity contribution in [1.82, 2.24) is 15.1 Å². The van der Waals surface area contributed by atoms with Crippen molar-refractivity contribution >= 4 is 5.91 Å². The Kier molecular flexibility index (Phi) is 7.57. The number of carbonyl (C=O) groups is 1. The third kappa shape index (κ3) is 4.97. The van der Waals surface area contributed by atoms with Crippen LogP contribution in [0.15, 0.2) is 18.2 Å². The number of nitrogens with one attached hydrogen (secondary N) is 1. The Morgan fingerprint density at radius 3 is 2.54 bits per heavy atom. The maximum atomic E-state index is 13.0. The Hall–Kier alpha value is -1.79. The SMILES string of the molecule is CNCCC1CCN(CC(=O)N2CCCC2c2ccc(OC)c(OC)c2)CC1. The quantitative estimate of drug-likeness (QED) is 0.741. The molecule has 2 fully saturated rings. The second kappa shape index (κ2) is 10.1. The van der Waals surface area contributed by atoms with Crippen molar-refractivity contribution in [1.29, 1.82) is 0 Å². The highest BCUT2D eigenvalue weighted by Crippen LogP contribution is 2.37. The first kappa shape index (κ1) is 20.9. The minimum atomic E-state index is 0.139. The fraction of sp³-hybridized carbons (Fsp3) is 0.682. The number of hydrogen-bond donors (Lipinski definition) is 1. The van der Waals surface area contributed by atoms with Crippen LogP contribution in [-0.4, -0.2) is 69.7 Å². The van der Waals surface area contributed by atoms with Crippen molar-refractivity contribution in [2.45, 2.75) is 38.1 Å². The minimum Gasteiger partial charge on any atom is -0.493 e. The monoisotopic (exact) mass is 389 g/mol. The van der Waals surface area contributed by atoms with Gasteiger partial charge in [0.05, 0.1) is 26.8 Å². The highest BCUT2D eigenvalue weighted by molar-refractivity contribution is 5.79. The first-order chi connectivity index (χ1) is 13.7. The molecule has 6 heteroatoms. The van der Waals surface area contributed by atoms with E-state index in [1.54, 1.807) is 14.2 Å². The highest BCUT2D eigenvalue weighted by Gasteiger charge is 2.32. The number of hydrogen-bond acceptors (Lipinski definition) is 5. The van der Waals surface area contributed by atoms with E-state index < -0.39 is 0 Å². The van der Waals surface area contributed by atoms with E-state index in [9.17, 15) is 4.79 Å². The second-order valence-electron chi connectivity index (χ2n) is 7.97. The summed E-state index contributed by atoms with van der Waals surface area (Å²) >= 11 is 0. The molecule has 1 atom stereocenters. The van der Waals surface area contributed by atoms with Crippen molar-refractivity contribution in [3.63, 3.8) is 0 Å². The molecule has 1 aromatic rings. The van der Waals surface area contributed by atoms with E-state index in [-0.39, 0.29) is 11.9 Å². The second-order valence-corrected chi connectivity index (χ2v) is 7.97. The van der Waals surface area contributed by atoms with Crippen molar-refractivity contribution in [3.8, 4) is 11.5 Å². The van der Waals surface area contributed by atoms with Gasteiger partial charge in [-0.15, -0.1) is 0 Å². The average Bonchev–Trinajstić information content (AvgIpc) is 3.22. The standard InChI is InChI=1S/C22H35N3O3/c1-23-11-8-17-9-13-24(14-10-17)16-22(26)25-12-4-5-19(25)18-6-7-20(27-2)21(15-18)28-3/h6-7,15,17,19,23H,4-5,8-14,16H2,1-3H3. The molecular formula is C22H35N3O3. The van der Waals surface area contributed by atoms with Crippen molar-refractivity contribution in [2.24, 2.45) is 5.92 Å². The van der Waals surface area contributed by atoms with Gasteiger partial charge in [-0.05, 0) is 82.4 Å². The van der Waals surface area contributed by atoms with Crippen LogP contribution >= 0.6 is 0 Å². The molecule has 2 aliphatic heterocycles. The topological polar surface area (TPSA) is 54.0 Å². The van der Waals surface area contributed by atoms with Crippen LogP contribution in [0.1, 0.15) is 43.7 Å². The summed E-state index contributed by atoms with van der Waals surface area (Å²) in [5.41, 5.74) is 1.13. The van der Waals surface area contributed by atoms with Gasteiger partial charge in [-0.3, -0.25) is 9.69 Å². The van der Waals surface area contributed by atoms with Crippen LogP contribution < -0.4 is 14.8 Å². The molecule has 0 saturated carbocycles. The van der Waals surface area contributed by atoms with Crippen LogP contribution in [0.3, 0.4) is 0 Å². The highest BCUT2D eigenvalue weighted by atomic mass is 16.5. The Balaban J connectivity index is 1.58. The lowest BCUT2D eigenvalue weighted by atomic mass is 9.93. The third-order valence-electron chi connectivity index (χ3n) is 6.23. The van der Waals surface area contributed by atoms with Crippen molar-refractivity contribution < 1.29 is 14.3 Å². The van der Waals surface area contributed by atoms with Gasteiger partial charge in [0.25, 0.3) is 0 Å². The van der Waals surface area contributed by atoms with Crippen molar-refractivity contribution in [2.75, 3.05) is 54.0 Å². The molecule has 0 radical (unpaired) electrons. The predicted octanol–water partition coefficient (Wildman–Crippen LogP) is 2.69. The summed E-state index contributed by atoms with van der Waals surface area (Å²) in [6.07, 6.45) is 5.71. The summed E-state index contributed by atoms with van der Waals surface area (Å²) in [6.45, 7) is 4.55. The zero-order chi connectivity index (χ0) is 19.9. The maximum Gasteiger partial charge on any atom is 0.237 e. The molecule has 1 unspecified atom stereocenters. The summed E-state index contributed by atoms with van der Waals surface area (Å²) in [5, 5.41) is 3.24. The van der Waals surface area contributed by atoms with Crippen LogP contribution in [0.5, 0.6) is 11.5 Å². The molecule has 3 rings (SSSR count). The molecular weight excluding hydrogens is 354 g/mol. The number of nitrogens with zero attached hydrogens (tertiary/aromatic N) is 2. The Labute approximate surface area is 169 Å². The third-order valence-corrected chi connectivity index (χ3v) is 6.23. The Bertz CT molecular complexity index is 644. The van der Waals surface area contributed by atoms with Gasteiger partial charge in [0, 0.05) is 6.54 Å². The van der Waals surface area contributed by atoms with E-state index in [4.69, 9.17) is 9.47 Å². The van der Waals surface area contributed by atoms with Gasteiger partial charge in [0.15, 0.2) is 11.5 Å². The van der Waals surface area contributed by atoms with Gasteiger partial charge in [-0.2, -0.15) is 0 Å². The van der Waals surface area contributed by atoms with E-state index in [0.717, 1.165) is 62.0 Å². The molecule has 1 N–H and O–H groups in total. The lowest BCUT2D eigenvalue weighted by Gasteiger charge is -2.33. The van der Waals surface area contributed by atoms with E-state index in [2.05, 4.69) is 21.2 Å². The van der Waals surface area contributed by atoms with Crippen LogP contribution in [0, 0.1) is 5.92 Å². The predicted molar refractivity (Wildman–Crippen MR) is 111 cm³/mol.